The minimum atomic E-state index is 0.693. The topological polar surface area (TPSA) is 15.3 Å². The summed E-state index contributed by atoms with van der Waals surface area (Å²) >= 11 is 5.45. The summed E-state index contributed by atoms with van der Waals surface area (Å²) in [6.45, 7) is 4.23. The Morgan fingerprint density at radius 1 is 1.05 bits per heavy atom. The third-order valence-corrected chi connectivity index (χ3v) is 3.72. The van der Waals surface area contributed by atoms with Crippen LogP contribution in [0.5, 0.6) is 0 Å². The van der Waals surface area contributed by atoms with Gasteiger partial charge < -0.3 is 10.2 Å². The first-order chi connectivity index (χ1) is 9.60. The van der Waals surface area contributed by atoms with Crippen LogP contribution in [0.25, 0.3) is 0 Å². The SMILES string of the molecule is CCc1ccc(NC(=S)N(C)c2ccc(C)cc2)cc1. The molecule has 0 fully saturated rings. The van der Waals surface area contributed by atoms with Crippen LogP contribution in [0.15, 0.2) is 48.5 Å². The maximum Gasteiger partial charge on any atom is 0.177 e. The van der Waals surface area contributed by atoms with Crippen LogP contribution in [0.4, 0.5) is 11.4 Å². The molecule has 0 aliphatic rings. The van der Waals surface area contributed by atoms with Gasteiger partial charge in [0.05, 0.1) is 0 Å². The molecule has 0 saturated heterocycles. The van der Waals surface area contributed by atoms with Crippen LogP contribution < -0.4 is 10.2 Å². The number of nitrogens with one attached hydrogen (secondary N) is 1. The molecule has 104 valence electrons. The lowest BCUT2D eigenvalue weighted by Crippen LogP contribution is -2.30. The fraction of sp³-hybridized carbons (Fsp3) is 0.235. The van der Waals surface area contributed by atoms with Gasteiger partial charge in [0, 0.05) is 18.4 Å². The molecule has 0 aromatic heterocycles. The van der Waals surface area contributed by atoms with Crippen molar-refractivity contribution in [3.05, 3.63) is 59.7 Å². The summed E-state index contributed by atoms with van der Waals surface area (Å²) in [5, 5.41) is 3.96. The zero-order valence-corrected chi connectivity index (χ0v) is 13.0. The van der Waals surface area contributed by atoms with Gasteiger partial charge in [-0.15, -0.1) is 0 Å². The van der Waals surface area contributed by atoms with E-state index in [9.17, 15) is 0 Å². The molecule has 0 bridgehead atoms. The third-order valence-electron chi connectivity index (χ3n) is 3.34. The first-order valence-corrected chi connectivity index (χ1v) is 7.21. The van der Waals surface area contributed by atoms with E-state index in [1.165, 1.54) is 11.1 Å². The fourth-order valence-electron chi connectivity index (χ4n) is 1.92. The molecule has 20 heavy (non-hydrogen) atoms. The van der Waals surface area contributed by atoms with Gasteiger partial charge in [0.25, 0.3) is 0 Å². The Morgan fingerprint density at radius 3 is 2.20 bits per heavy atom. The van der Waals surface area contributed by atoms with Gasteiger partial charge >= 0.3 is 0 Å². The first kappa shape index (κ1) is 14.5. The van der Waals surface area contributed by atoms with Gasteiger partial charge in [-0.1, -0.05) is 36.8 Å². The molecule has 0 saturated carbocycles. The summed E-state index contributed by atoms with van der Waals surface area (Å²) < 4.78 is 0. The highest BCUT2D eigenvalue weighted by Gasteiger charge is 2.06. The van der Waals surface area contributed by atoms with Crippen molar-refractivity contribution in [1.82, 2.24) is 0 Å². The maximum atomic E-state index is 5.45. The monoisotopic (exact) mass is 284 g/mol. The van der Waals surface area contributed by atoms with Crippen molar-refractivity contribution in [2.75, 3.05) is 17.3 Å². The van der Waals surface area contributed by atoms with Gasteiger partial charge in [0.2, 0.25) is 0 Å². The molecule has 0 amide bonds. The predicted octanol–water partition coefficient (Wildman–Crippen LogP) is 4.39. The summed E-state index contributed by atoms with van der Waals surface area (Å²) in [7, 11) is 1.97. The quantitative estimate of drug-likeness (QED) is 0.842. The van der Waals surface area contributed by atoms with E-state index in [2.05, 4.69) is 67.7 Å². The maximum absolute atomic E-state index is 5.45. The van der Waals surface area contributed by atoms with Gasteiger partial charge in [0.15, 0.2) is 5.11 Å². The van der Waals surface area contributed by atoms with Crippen molar-refractivity contribution in [1.29, 1.82) is 0 Å². The molecule has 0 aliphatic heterocycles. The Hall–Kier alpha value is -1.87. The van der Waals surface area contributed by atoms with E-state index in [1.807, 2.05) is 11.9 Å². The van der Waals surface area contributed by atoms with E-state index < -0.39 is 0 Å². The minimum Gasteiger partial charge on any atom is -0.332 e. The molecule has 2 nitrogen and oxygen atoms in total. The molecule has 0 aliphatic carbocycles. The average molecular weight is 284 g/mol. The highest BCUT2D eigenvalue weighted by atomic mass is 32.1. The largest absolute Gasteiger partial charge is 0.332 e. The van der Waals surface area contributed by atoms with Crippen molar-refractivity contribution in [2.24, 2.45) is 0 Å². The van der Waals surface area contributed by atoms with Crippen molar-refractivity contribution >= 4 is 28.7 Å². The number of anilines is 2. The summed E-state index contributed by atoms with van der Waals surface area (Å²) in [4.78, 5) is 1.97. The van der Waals surface area contributed by atoms with Gasteiger partial charge in [-0.2, -0.15) is 0 Å². The Balaban J connectivity index is 2.05. The molecule has 0 unspecified atom stereocenters. The van der Waals surface area contributed by atoms with Crippen LogP contribution in [0.2, 0.25) is 0 Å². The Morgan fingerprint density at radius 2 is 1.65 bits per heavy atom. The zero-order valence-electron chi connectivity index (χ0n) is 12.2. The molecule has 2 aromatic rings. The summed E-state index contributed by atoms with van der Waals surface area (Å²) in [5.41, 5.74) is 4.67. The van der Waals surface area contributed by atoms with Gasteiger partial charge in [-0.05, 0) is 55.4 Å². The second kappa shape index (κ2) is 6.53. The van der Waals surface area contributed by atoms with Crippen molar-refractivity contribution in [3.63, 3.8) is 0 Å². The molecular weight excluding hydrogens is 264 g/mol. The Bertz CT molecular complexity index is 573. The summed E-state index contributed by atoms with van der Waals surface area (Å²) in [6.07, 6.45) is 1.05. The Labute approximate surface area is 126 Å². The van der Waals surface area contributed by atoms with Crippen LogP contribution in [-0.4, -0.2) is 12.2 Å². The fourth-order valence-corrected chi connectivity index (χ4v) is 2.14. The molecule has 0 atom stereocenters. The lowest BCUT2D eigenvalue weighted by molar-refractivity contribution is 1.14. The van der Waals surface area contributed by atoms with Crippen molar-refractivity contribution in [2.45, 2.75) is 20.3 Å². The number of hydrogen-bond acceptors (Lipinski definition) is 1. The number of rotatable bonds is 3. The minimum absolute atomic E-state index is 0.693. The van der Waals surface area contributed by atoms with Crippen molar-refractivity contribution < 1.29 is 0 Å². The highest BCUT2D eigenvalue weighted by molar-refractivity contribution is 7.80. The molecular formula is C17H20N2S. The molecule has 2 aromatic carbocycles. The van der Waals surface area contributed by atoms with Crippen LogP contribution in [0.3, 0.4) is 0 Å². The second-order valence-electron chi connectivity index (χ2n) is 4.88. The van der Waals surface area contributed by atoms with E-state index in [1.54, 1.807) is 0 Å². The molecule has 0 radical (unpaired) electrons. The number of thiocarbonyl (C=S) groups is 1. The van der Waals surface area contributed by atoms with Gasteiger partial charge in [-0.3, -0.25) is 0 Å². The molecule has 0 heterocycles. The lowest BCUT2D eigenvalue weighted by atomic mass is 10.1. The summed E-state index contributed by atoms with van der Waals surface area (Å²) in [6, 6.07) is 16.7. The first-order valence-electron chi connectivity index (χ1n) is 6.80. The van der Waals surface area contributed by atoms with E-state index in [-0.39, 0.29) is 0 Å². The standard InChI is InChI=1S/C17H20N2S/c1-4-14-7-9-15(10-8-14)18-17(20)19(3)16-11-5-13(2)6-12-16/h5-12H,4H2,1-3H3,(H,18,20). The lowest BCUT2D eigenvalue weighted by Gasteiger charge is -2.21. The van der Waals surface area contributed by atoms with Gasteiger partial charge in [0.1, 0.15) is 0 Å². The van der Waals surface area contributed by atoms with E-state index in [0.717, 1.165) is 17.8 Å². The van der Waals surface area contributed by atoms with Crippen LogP contribution in [-0.2, 0) is 6.42 Å². The highest BCUT2D eigenvalue weighted by Crippen LogP contribution is 2.16. The van der Waals surface area contributed by atoms with Crippen molar-refractivity contribution in [3.8, 4) is 0 Å². The second-order valence-corrected chi connectivity index (χ2v) is 5.26. The Kier molecular flexibility index (Phi) is 4.74. The molecule has 1 N–H and O–H groups in total. The molecule has 2 rings (SSSR count). The summed E-state index contributed by atoms with van der Waals surface area (Å²) in [5.74, 6) is 0. The van der Waals surface area contributed by atoms with E-state index in [4.69, 9.17) is 12.2 Å². The normalized spacial score (nSPS) is 10.2. The zero-order chi connectivity index (χ0) is 14.5. The number of benzene rings is 2. The third kappa shape index (κ3) is 3.58. The van der Waals surface area contributed by atoms with Crippen LogP contribution in [0.1, 0.15) is 18.1 Å². The van der Waals surface area contributed by atoms with Gasteiger partial charge in [-0.25, -0.2) is 0 Å². The molecule has 3 heteroatoms. The van der Waals surface area contributed by atoms with Crippen LogP contribution in [0, 0.1) is 6.92 Å². The van der Waals surface area contributed by atoms with E-state index in [0.29, 0.717) is 5.11 Å². The predicted molar refractivity (Wildman–Crippen MR) is 91.6 cm³/mol. The number of aryl methyl sites for hydroxylation is 2. The smallest absolute Gasteiger partial charge is 0.177 e. The number of hydrogen-bond donors (Lipinski definition) is 1. The molecule has 0 spiro atoms. The van der Waals surface area contributed by atoms with E-state index >= 15 is 0 Å². The number of nitrogens with zero attached hydrogens (tertiary/aromatic N) is 1. The van der Waals surface area contributed by atoms with Crippen LogP contribution >= 0.6 is 12.2 Å². The average Bonchev–Trinajstić information content (AvgIpc) is 2.48.